The van der Waals surface area contributed by atoms with E-state index < -0.39 is 0 Å². The highest BCUT2D eigenvalue weighted by atomic mass is 28.2. The largest absolute Gasteiger partial charge is 0.384 e. The summed E-state index contributed by atoms with van der Waals surface area (Å²) in [5.41, 5.74) is 0. The summed E-state index contributed by atoms with van der Waals surface area (Å²) >= 11 is 0. The van der Waals surface area contributed by atoms with Gasteiger partial charge in [0.25, 0.3) is 0 Å². The fraction of sp³-hybridized carbons (Fsp3) is 1.00. The van der Waals surface area contributed by atoms with E-state index >= 15 is 0 Å². The van der Waals surface area contributed by atoms with Gasteiger partial charge in [-0.05, 0) is 19.3 Å². The van der Waals surface area contributed by atoms with Gasteiger partial charge in [0, 0.05) is 21.7 Å². The highest BCUT2D eigenvalue weighted by Gasteiger charge is 2.24. The molecule has 1 fully saturated rings. The first-order valence-corrected chi connectivity index (χ1v) is 7.03. The van der Waals surface area contributed by atoms with Crippen LogP contribution in [0.5, 0.6) is 0 Å². The summed E-state index contributed by atoms with van der Waals surface area (Å²) in [6.07, 6.45) is 4.10. The molecular weight excluding hydrogens is 144 g/mol. The van der Waals surface area contributed by atoms with E-state index in [4.69, 9.17) is 4.74 Å². The van der Waals surface area contributed by atoms with Crippen LogP contribution in [0.1, 0.15) is 19.3 Å². The number of hydrogen-bond acceptors (Lipinski definition) is 1. The van der Waals surface area contributed by atoms with Gasteiger partial charge in [0.05, 0.1) is 9.52 Å². The molecule has 0 radical (unpaired) electrons. The Morgan fingerprint density at radius 1 is 1.56 bits per heavy atom. The van der Waals surface area contributed by atoms with Gasteiger partial charge in [-0.2, -0.15) is 0 Å². The molecule has 0 spiro atoms. The quantitative estimate of drug-likeness (QED) is 0.467. The van der Waals surface area contributed by atoms with E-state index in [0.29, 0.717) is 4.85 Å². The third-order valence-electron chi connectivity index (χ3n) is 2.30. The maximum Gasteiger partial charge on any atom is 0.0510 e. The molecule has 0 aromatic rings. The molecule has 0 aromatic carbocycles. The van der Waals surface area contributed by atoms with Gasteiger partial charge in [0.1, 0.15) is 0 Å². The second kappa shape index (κ2) is 2.99. The molecule has 1 unspecified atom stereocenters. The Morgan fingerprint density at radius 2 is 2.33 bits per heavy atom. The monoisotopic (exact) mass is 160 g/mol. The Balaban J connectivity index is 2.37. The molecule has 1 atom stereocenters. The van der Waals surface area contributed by atoms with Crippen molar-refractivity contribution in [2.75, 3.05) is 6.61 Å². The van der Waals surface area contributed by atoms with Crippen molar-refractivity contribution in [2.45, 2.75) is 30.7 Å². The molecule has 54 valence electrons. The minimum absolute atomic E-state index is 0.111. The topological polar surface area (TPSA) is 9.23 Å². The predicted octanol–water partition coefficient (Wildman–Crippen LogP) is -0.577. The van der Waals surface area contributed by atoms with E-state index in [0.717, 1.165) is 6.61 Å². The maximum atomic E-state index is 5.74. The van der Waals surface area contributed by atoms with Crippen molar-refractivity contribution in [3.63, 3.8) is 0 Å². The number of hydrogen-bond donors (Lipinski definition) is 0. The molecule has 0 aliphatic carbocycles. The van der Waals surface area contributed by atoms with Crippen molar-refractivity contribution in [3.8, 4) is 0 Å². The van der Waals surface area contributed by atoms with Crippen LogP contribution in [0.25, 0.3) is 0 Å². The van der Waals surface area contributed by atoms with Crippen molar-refractivity contribution < 1.29 is 4.74 Å². The Labute approximate surface area is 62.4 Å². The predicted molar refractivity (Wildman–Crippen MR) is 46.9 cm³/mol. The SMILES string of the molecule is C[SiH2]C1([SiH3])CCCCO1. The van der Waals surface area contributed by atoms with Crippen LogP contribution in [0.2, 0.25) is 6.55 Å². The zero-order valence-electron chi connectivity index (χ0n) is 6.44. The van der Waals surface area contributed by atoms with Gasteiger partial charge in [0.2, 0.25) is 0 Å². The zero-order chi connectivity index (χ0) is 6.74. The van der Waals surface area contributed by atoms with Crippen LogP contribution in [-0.2, 0) is 4.74 Å². The molecule has 1 nitrogen and oxygen atoms in total. The molecular formula is C6H16OSi2. The van der Waals surface area contributed by atoms with E-state index in [9.17, 15) is 0 Å². The van der Waals surface area contributed by atoms with E-state index in [2.05, 4.69) is 6.55 Å². The Bertz CT molecular complexity index is 89.1. The molecule has 1 rings (SSSR count). The fourth-order valence-corrected chi connectivity index (χ4v) is 2.78. The van der Waals surface area contributed by atoms with Gasteiger partial charge in [-0.1, -0.05) is 6.55 Å². The summed E-state index contributed by atoms with van der Waals surface area (Å²) in [5, 5.41) is 0. The molecule has 1 aliphatic rings. The summed E-state index contributed by atoms with van der Waals surface area (Å²) < 4.78 is 5.74. The number of ether oxygens (including phenoxy) is 1. The van der Waals surface area contributed by atoms with E-state index in [1.165, 1.54) is 29.5 Å². The van der Waals surface area contributed by atoms with Gasteiger partial charge in [-0.15, -0.1) is 0 Å². The van der Waals surface area contributed by atoms with Crippen LogP contribution in [0.3, 0.4) is 0 Å². The van der Waals surface area contributed by atoms with Crippen molar-refractivity contribution >= 4 is 19.8 Å². The average molecular weight is 160 g/mol. The first-order valence-electron chi connectivity index (χ1n) is 3.91. The van der Waals surface area contributed by atoms with Gasteiger partial charge in [-0.25, -0.2) is 0 Å². The highest BCUT2D eigenvalue weighted by Crippen LogP contribution is 2.19. The van der Waals surface area contributed by atoms with Crippen molar-refractivity contribution in [2.24, 2.45) is 0 Å². The fourth-order valence-electron chi connectivity index (χ4n) is 1.27. The second-order valence-corrected chi connectivity index (χ2v) is 8.55. The molecule has 0 saturated carbocycles. The Hall–Kier alpha value is 0.394. The molecule has 9 heavy (non-hydrogen) atoms. The zero-order valence-corrected chi connectivity index (χ0v) is 9.86. The smallest absolute Gasteiger partial charge is 0.0510 e. The lowest BCUT2D eigenvalue weighted by Crippen LogP contribution is -2.41. The molecule has 0 bridgehead atoms. The summed E-state index contributed by atoms with van der Waals surface area (Å²) in [7, 11) is 1.38. The molecule has 0 amide bonds. The minimum Gasteiger partial charge on any atom is -0.384 e. The minimum atomic E-state index is 0.111. The molecule has 1 aliphatic heterocycles. The molecule has 3 heteroatoms. The lowest BCUT2D eigenvalue weighted by Gasteiger charge is -2.32. The molecule has 1 saturated heterocycles. The molecule has 0 N–H and O–H groups in total. The van der Waals surface area contributed by atoms with Gasteiger partial charge >= 0.3 is 0 Å². The van der Waals surface area contributed by atoms with Gasteiger partial charge < -0.3 is 4.74 Å². The first-order chi connectivity index (χ1) is 4.27. The maximum absolute atomic E-state index is 5.74. The second-order valence-electron chi connectivity index (χ2n) is 3.11. The average Bonchev–Trinajstić information content (AvgIpc) is 1.90. The summed E-state index contributed by atoms with van der Waals surface area (Å²) in [5.74, 6) is 0. The number of rotatable bonds is 1. The summed E-state index contributed by atoms with van der Waals surface area (Å²) in [6, 6.07) is 0. The van der Waals surface area contributed by atoms with Crippen LogP contribution in [0, 0.1) is 0 Å². The van der Waals surface area contributed by atoms with Gasteiger partial charge in [0.15, 0.2) is 0 Å². The third kappa shape index (κ3) is 1.91. The summed E-state index contributed by atoms with van der Waals surface area (Å²) in [4.78, 5) is 0.498. The lowest BCUT2D eigenvalue weighted by atomic mass is 10.2. The van der Waals surface area contributed by atoms with Crippen LogP contribution < -0.4 is 0 Å². The van der Waals surface area contributed by atoms with E-state index in [-0.39, 0.29) is 9.52 Å². The molecule has 1 heterocycles. The van der Waals surface area contributed by atoms with Crippen LogP contribution in [0.4, 0.5) is 0 Å². The van der Waals surface area contributed by atoms with Crippen LogP contribution >= 0.6 is 0 Å². The van der Waals surface area contributed by atoms with Crippen molar-refractivity contribution in [1.29, 1.82) is 0 Å². The summed E-state index contributed by atoms with van der Waals surface area (Å²) in [6.45, 7) is 3.42. The van der Waals surface area contributed by atoms with E-state index in [1.807, 2.05) is 0 Å². The van der Waals surface area contributed by atoms with Crippen LogP contribution in [0.15, 0.2) is 0 Å². The molecule has 0 aromatic heterocycles. The van der Waals surface area contributed by atoms with Crippen molar-refractivity contribution in [3.05, 3.63) is 0 Å². The first kappa shape index (κ1) is 7.50. The lowest BCUT2D eigenvalue weighted by molar-refractivity contribution is 0.0361. The normalized spacial score (nSPS) is 38.3. The van der Waals surface area contributed by atoms with E-state index in [1.54, 1.807) is 0 Å². The Kier molecular flexibility index (Phi) is 2.49. The Morgan fingerprint density at radius 3 is 2.67 bits per heavy atom. The van der Waals surface area contributed by atoms with Crippen molar-refractivity contribution in [1.82, 2.24) is 0 Å². The third-order valence-corrected chi connectivity index (χ3v) is 7.26. The standard InChI is InChI=1S/C6H16OSi2/c1-9-6(8)4-2-3-5-7-6/h2-5,9H2,1,8H3. The van der Waals surface area contributed by atoms with Crippen LogP contribution in [-0.4, -0.2) is 31.2 Å². The highest BCUT2D eigenvalue weighted by molar-refractivity contribution is 6.52. The van der Waals surface area contributed by atoms with Gasteiger partial charge in [-0.3, -0.25) is 0 Å².